The molecule has 1 N–H and O–H groups in total. The number of nitrogens with zero attached hydrogens (tertiary/aromatic N) is 3. The maximum Gasteiger partial charge on any atom is 0.338 e. The molecule has 0 amide bonds. The number of carboxylic acids is 1. The van der Waals surface area contributed by atoms with Crippen molar-refractivity contribution in [2.45, 2.75) is 30.6 Å². The van der Waals surface area contributed by atoms with E-state index in [-0.39, 0.29) is 5.56 Å². The van der Waals surface area contributed by atoms with E-state index in [9.17, 15) is 9.90 Å². The first-order valence-corrected chi connectivity index (χ1v) is 7.82. The summed E-state index contributed by atoms with van der Waals surface area (Å²) in [4.78, 5) is 16.4. The van der Waals surface area contributed by atoms with Crippen LogP contribution in [0.25, 0.3) is 11.0 Å². The van der Waals surface area contributed by atoms with Crippen LogP contribution in [0.3, 0.4) is 0 Å². The van der Waals surface area contributed by atoms with Gasteiger partial charge in [0.05, 0.1) is 17.1 Å². The minimum absolute atomic E-state index is 0.286. The third-order valence-corrected chi connectivity index (χ3v) is 5.25. The van der Waals surface area contributed by atoms with Gasteiger partial charge in [0.2, 0.25) is 0 Å². The van der Waals surface area contributed by atoms with Crippen LogP contribution in [0.2, 0.25) is 0 Å². The van der Waals surface area contributed by atoms with Crippen LogP contribution in [0.4, 0.5) is 0 Å². The first-order chi connectivity index (χ1) is 9.66. The number of aryl methyl sites for hydroxylation is 1. The van der Waals surface area contributed by atoms with Crippen LogP contribution in [0.1, 0.15) is 36.0 Å². The summed E-state index contributed by atoms with van der Waals surface area (Å²) < 4.78 is 1.68. The van der Waals surface area contributed by atoms with Crippen LogP contribution >= 0.6 is 11.8 Å². The summed E-state index contributed by atoms with van der Waals surface area (Å²) in [5.74, 6) is 0.771. The number of aromatic nitrogens is 3. The number of thioether (sulfide) groups is 1. The number of hydrogen-bond donors (Lipinski definition) is 1. The lowest BCUT2D eigenvalue weighted by Gasteiger charge is -2.11. The highest BCUT2D eigenvalue weighted by molar-refractivity contribution is 7.99. The van der Waals surface area contributed by atoms with Crippen LogP contribution in [0.15, 0.2) is 17.3 Å². The van der Waals surface area contributed by atoms with Crippen molar-refractivity contribution in [3.63, 3.8) is 0 Å². The Kier molecular flexibility index (Phi) is 3.65. The van der Waals surface area contributed by atoms with E-state index < -0.39 is 5.97 Å². The Bertz CT molecular complexity index is 647. The summed E-state index contributed by atoms with van der Waals surface area (Å²) in [6.07, 6.45) is 8.29. The SMILES string of the molecule is Cn1ncc2c(SCC3CCCC3)c(C(=O)O)cnc21. The largest absolute Gasteiger partial charge is 0.478 e. The van der Waals surface area contributed by atoms with Gasteiger partial charge < -0.3 is 5.11 Å². The van der Waals surface area contributed by atoms with Gasteiger partial charge in [-0.3, -0.25) is 4.68 Å². The first kappa shape index (κ1) is 13.4. The Labute approximate surface area is 121 Å². The predicted molar refractivity (Wildman–Crippen MR) is 78.2 cm³/mol. The van der Waals surface area contributed by atoms with Crippen molar-refractivity contribution in [3.05, 3.63) is 18.0 Å². The molecule has 1 aliphatic carbocycles. The summed E-state index contributed by atoms with van der Waals surface area (Å²) in [6, 6.07) is 0. The Balaban J connectivity index is 1.96. The van der Waals surface area contributed by atoms with Gasteiger partial charge in [0.1, 0.15) is 0 Å². The van der Waals surface area contributed by atoms with Gasteiger partial charge in [-0.15, -0.1) is 11.8 Å². The fourth-order valence-electron chi connectivity index (χ4n) is 2.76. The quantitative estimate of drug-likeness (QED) is 0.877. The minimum atomic E-state index is -0.919. The molecule has 0 aliphatic heterocycles. The van der Waals surface area contributed by atoms with Crippen LogP contribution in [-0.2, 0) is 7.05 Å². The summed E-state index contributed by atoms with van der Waals surface area (Å²) in [7, 11) is 1.82. The third-order valence-electron chi connectivity index (χ3n) is 3.88. The zero-order valence-electron chi connectivity index (χ0n) is 11.4. The molecule has 106 valence electrons. The predicted octanol–water partition coefficient (Wildman–Crippen LogP) is 2.95. The third kappa shape index (κ3) is 2.40. The number of carboxylic acid groups (broad SMARTS) is 1. The van der Waals surface area contributed by atoms with Gasteiger partial charge in [0, 0.05) is 23.9 Å². The summed E-state index contributed by atoms with van der Waals surface area (Å²) in [6.45, 7) is 0. The molecule has 2 heterocycles. The number of aromatic carboxylic acids is 1. The number of pyridine rings is 1. The highest BCUT2D eigenvalue weighted by Crippen LogP contribution is 2.35. The van der Waals surface area contributed by atoms with Gasteiger partial charge in [-0.05, 0) is 18.8 Å². The van der Waals surface area contributed by atoms with Gasteiger partial charge in [0.15, 0.2) is 5.65 Å². The smallest absolute Gasteiger partial charge is 0.338 e. The maximum atomic E-state index is 11.4. The van der Waals surface area contributed by atoms with Gasteiger partial charge in [-0.2, -0.15) is 5.10 Å². The molecular formula is C14H17N3O2S. The second kappa shape index (κ2) is 5.44. The number of hydrogen-bond acceptors (Lipinski definition) is 4. The highest BCUT2D eigenvalue weighted by Gasteiger charge is 2.20. The van der Waals surface area contributed by atoms with Crippen LogP contribution in [0, 0.1) is 5.92 Å². The molecule has 0 spiro atoms. The lowest BCUT2D eigenvalue weighted by atomic mass is 10.1. The molecule has 5 nitrogen and oxygen atoms in total. The second-order valence-electron chi connectivity index (χ2n) is 5.27. The molecule has 0 atom stereocenters. The normalized spacial score (nSPS) is 16.1. The van der Waals surface area contributed by atoms with E-state index in [1.807, 2.05) is 7.05 Å². The minimum Gasteiger partial charge on any atom is -0.478 e. The van der Waals surface area contributed by atoms with E-state index in [0.29, 0.717) is 5.92 Å². The van der Waals surface area contributed by atoms with Gasteiger partial charge >= 0.3 is 5.97 Å². The number of fused-ring (bicyclic) bond motifs is 1. The Morgan fingerprint density at radius 3 is 2.90 bits per heavy atom. The topological polar surface area (TPSA) is 68.0 Å². The molecule has 0 saturated heterocycles. The molecular weight excluding hydrogens is 274 g/mol. The van der Waals surface area contributed by atoms with Gasteiger partial charge in [-0.25, -0.2) is 9.78 Å². The van der Waals surface area contributed by atoms with Crippen LogP contribution in [-0.4, -0.2) is 31.6 Å². The number of carbonyl (C=O) groups is 1. The van der Waals surface area contributed by atoms with E-state index >= 15 is 0 Å². The zero-order valence-corrected chi connectivity index (χ0v) is 12.2. The van der Waals surface area contributed by atoms with E-state index in [1.54, 1.807) is 22.6 Å². The zero-order chi connectivity index (χ0) is 14.1. The molecule has 0 unspecified atom stereocenters. The summed E-state index contributed by atoms with van der Waals surface area (Å²) in [5, 5.41) is 14.4. The van der Waals surface area contributed by atoms with E-state index in [1.165, 1.54) is 31.9 Å². The molecule has 3 rings (SSSR count). The fourth-order valence-corrected chi connectivity index (χ4v) is 4.09. The van der Waals surface area contributed by atoms with Crippen molar-refractivity contribution in [1.29, 1.82) is 0 Å². The van der Waals surface area contributed by atoms with Crippen molar-refractivity contribution in [2.75, 3.05) is 5.75 Å². The second-order valence-corrected chi connectivity index (χ2v) is 6.30. The molecule has 2 aromatic heterocycles. The highest BCUT2D eigenvalue weighted by atomic mass is 32.2. The molecule has 0 bridgehead atoms. The van der Waals surface area contributed by atoms with Gasteiger partial charge in [-0.1, -0.05) is 12.8 Å². The molecule has 1 fully saturated rings. The van der Waals surface area contributed by atoms with E-state index in [4.69, 9.17) is 0 Å². The Morgan fingerprint density at radius 1 is 1.45 bits per heavy atom. The molecule has 1 saturated carbocycles. The van der Waals surface area contributed by atoms with Crippen molar-refractivity contribution >= 4 is 28.8 Å². The van der Waals surface area contributed by atoms with Crippen molar-refractivity contribution in [2.24, 2.45) is 13.0 Å². The average molecular weight is 291 g/mol. The average Bonchev–Trinajstić information content (AvgIpc) is 3.06. The van der Waals surface area contributed by atoms with Gasteiger partial charge in [0.25, 0.3) is 0 Å². The number of rotatable bonds is 4. The first-order valence-electron chi connectivity index (χ1n) is 6.83. The fraction of sp³-hybridized carbons (Fsp3) is 0.500. The molecule has 0 radical (unpaired) electrons. The molecule has 1 aliphatic rings. The van der Waals surface area contributed by atoms with Crippen LogP contribution < -0.4 is 0 Å². The summed E-state index contributed by atoms with van der Waals surface area (Å²) in [5.41, 5.74) is 1.03. The van der Waals surface area contributed by atoms with Crippen LogP contribution in [0.5, 0.6) is 0 Å². The molecule has 2 aromatic rings. The standard InChI is InChI=1S/C14H17N3O2S/c1-17-13-10(7-16-17)12(11(6-15-13)14(18)19)20-8-9-4-2-3-5-9/h6-7,9H,2-5,8H2,1H3,(H,18,19). The maximum absolute atomic E-state index is 11.4. The van der Waals surface area contributed by atoms with Crippen molar-refractivity contribution in [1.82, 2.24) is 14.8 Å². The van der Waals surface area contributed by atoms with E-state index in [2.05, 4.69) is 10.1 Å². The van der Waals surface area contributed by atoms with Crippen molar-refractivity contribution in [3.8, 4) is 0 Å². The molecule has 20 heavy (non-hydrogen) atoms. The monoisotopic (exact) mass is 291 g/mol. The molecule has 0 aromatic carbocycles. The lowest BCUT2D eigenvalue weighted by Crippen LogP contribution is -2.04. The Morgan fingerprint density at radius 2 is 2.20 bits per heavy atom. The Hall–Kier alpha value is -1.56. The van der Waals surface area contributed by atoms with Crippen molar-refractivity contribution < 1.29 is 9.90 Å². The molecule has 6 heteroatoms. The van der Waals surface area contributed by atoms with E-state index in [0.717, 1.165) is 21.7 Å². The summed E-state index contributed by atoms with van der Waals surface area (Å²) >= 11 is 1.64. The lowest BCUT2D eigenvalue weighted by molar-refractivity contribution is 0.0693.